The maximum Gasteiger partial charge on any atom is 0.236 e. The molecule has 1 saturated heterocycles. The monoisotopic (exact) mass is 328 g/mol. The molecule has 2 atom stereocenters. The molecule has 0 saturated carbocycles. The first-order valence-corrected chi connectivity index (χ1v) is 8.02. The highest BCUT2D eigenvalue weighted by atomic mass is 16.2. The minimum atomic E-state index is -0.109. The van der Waals surface area contributed by atoms with Gasteiger partial charge in [-0.2, -0.15) is 5.26 Å². The zero-order valence-corrected chi connectivity index (χ0v) is 14.5. The van der Waals surface area contributed by atoms with E-state index in [2.05, 4.69) is 33.8 Å². The normalized spacial score (nSPS) is 26.8. The van der Waals surface area contributed by atoms with Crippen molar-refractivity contribution in [2.45, 2.75) is 25.8 Å². The van der Waals surface area contributed by atoms with Crippen molar-refractivity contribution in [3.05, 3.63) is 23.7 Å². The molecule has 7 nitrogen and oxygen atoms in total. The molecule has 0 aromatic heterocycles. The molecule has 0 radical (unpaired) electrons. The average Bonchev–Trinajstić information content (AvgIpc) is 3.04. The highest BCUT2D eigenvalue weighted by molar-refractivity contribution is 6.04. The lowest BCUT2D eigenvalue weighted by molar-refractivity contribution is -0.132. The number of aliphatic imine (C=N–C) groups is 2. The van der Waals surface area contributed by atoms with Crippen LogP contribution in [0.5, 0.6) is 0 Å². The van der Waals surface area contributed by atoms with Crippen molar-refractivity contribution >= 4 is 18.5 Å². The Morgan fingerprint density at radius 1 is 1.62 bits per heavy atom. The van der Waals surface area contributed by atoms with Crippen LogP contribution in [-0.2, 0) is 4.79 Å². The molecule has 0 aromatic carbocycles. The number of likely N-dealkylation sites (N-methyl/N-ethyl adjacent to an activating group) is 1. The Bertz CT molecular complexity index is 642. The highest BCUT2D eigenvalue weighted by Gasteiger charge is 2.33. The van der Waals surface area contributed by atoms with E-state index in [4.69, 9.17) is 5.26 Å². The van der Waals surface area contributed by atoms with E-state index in [1.54, 1.807) is 11.9 Å². The van der Waals surface area contributed by atoms with Crippen LogP contribution in [0, 0.1) is 17.2 Å². The molecule has 1 fully saturated rings. The molecule has 0 bridgehead atoms. The number of nitrogens with zero attached hydrogens (tertiary/aromatic N) is 5. The van der Waals surface area contributed by atoms with Gasteiger partial charge in [-0.3, -0.25) is 9.79 Å². The van der Waals surface area contributed by atoms with Crippen LogP contribution in [-0.4, -0.2) is 61.5 Å². The van der Waals surface area contributed by atoms with Crippen molar-refractivity contribution < 1.29 is 4.79 Å². The lowest BCUT2D eigenvalue weighted by Crippen LogP contribution is -2.52. The van der Waals surface area contributed by atoms with Crippen LogP contribution in [0.25, 0.3) is 0 Å². The van der Waals surface area contributed by atoms with E-state index < -0.39 is 0 Å². The smallest absolute Gasteiger partial charge is 0.236 e. The fourth-order valence-corrected chi connectivity index (χ4v) is 3.23. The second-order valence-corrected chi connectivity index (χ2v) is 6.06. The summed E-state index contributed by atoms with van der Waals surface area (Å²) in [5.74, 6) is 1.79. The Morgan fingerprint density at radius 3 is 3.00 bits per heavy atom. The predicted octanol–water partition coefficient (Wildman–Crippen LogP) is 1.13. The van der Waals surface area contributed by atoms with Gasteiger partial charge in [-0.05, 0) is 25.1 Å². The Hall–Kier alpha value is -2.62. The molecule has 0 aromatic rings. The predicted molar refractivity (Wildman–Crippen MR) is 94.4 cm³/mol. The van der Waals surface area contributed by atoms with E-state index >= 15 is 0 Å². The number of piperidine rings is 1. The number of nitrogens with one attached hydrogen (secondary N) is 1. The minimum absolute atomic E-state index is 0.0717. The van der Waals surface area contributed by atoms with Crippen LogP contribution in [0.1, 0.15) is 19.8 Å². The first kappa shape index (κ1) is 17.7. The van der Waals surface area contributed by atoms with Gasteiger partial charge < -0.3 is 15.1 Å². The molecule has 2 rings (SSSR count). The van der Waals surface area contributed by atoms with Crippen molar-refractivity contribution in [3.8, 4) is 6.07 Å². The van der Waals surface area contributed by atoms with Gasteiger partial charge in [0.15, 0.2) is 0 Å². The Kier molecular flexibility index (Phi) is 5.74. The van der Waals surface area contributed by atoms with Crippen LogP contribution >= 0.6 is 0 Å². The maximum absolute atomic E-state index is 12.1. The summed E-state index contributed by atoms with van der Waals surface area (Å²) < 4.78 is 0. The van der Waals surface area contributed by atoms with Gasteiger partial charge >= 0.3 is 0 Å². The quantitative estimate of drug-likeness (QED) is 0.784. The molecule has 24 heavy (non-hydrogen) atoms. The molecule has 1 N–H and O–H groups in total. The van der Waals surface area contributed by atoms with Crippen molar-refractivity contribution in [1.82, 2.24) is 15.1 Å². The van der Waals surface area contributed by atoms with E-state index in [0.29, 0.717) is 19.0 Å². The maximum atomic E-state index is 12.1. The number of carbonyl (C=O) groups excluding carboxylic acids is 1. The molecule has 7 heteroatoms. The number of nitriles is 1. The minimum Gasteiger partial charge on any atom is -0.354 e. The molecule has 0 aliphatic carbocycles. The Morgan fingerprint density at radius 2 is 2.38 bits per heavy atom. The summed E-state index contributed by atoms with van der Waals surface area (Å²) in [6, 6.07) is 2.05. The molecular formula is C17H24N6O. The largest absolute Gasteiger partial charge is 0.354 e. The van der Waals surface area contributed by atoms with E-state index in [-0.39, 0.29) is 18.4 Å². The van der Waals surface area contributed by atoms with Crippen LogP contribution in [0.3, 0.4) is 0 Å². The number of carbonyl (C=O) groups is 1. The van der Waals surface area contributed by atoms with Crippen molar-refractivity contribution in [1.29, 1.82) is 5.26 Å². The molecule has 1 amide bonds. The second-order valence-electron chi connectivity index (χ2n) is 6.06. The summed E-state index contributed by atoms with van der Waals surface area (Å²) in [7, 11) is 3.69. The summed E-state index contributed by atoms with van der Waals surface area (Å²) in [5.41, 5.74) is 0.891. The van der Waals surface area contributed by atoms with Crippen molar-refractivity contribution in [2.24, 2.45) is 15.9 Å². The summed E-state index contributed by atoms with van der Waals surface area (Å²) in [6.45, 7) is 7.17. The van der Waals surface area contributed by atoms with Crippen LogP contribution in [0.2, 0.25) is 0 Å². The standard InChI is InChI=1S/C17H24N6O/c1-12-7-10-23(15(24)5-8-18)11-14(12)22(4)17(20-3)13-6-9-21-16(13)19-2/h6,9,12,14H,3,5,7,10-11H2,1-2,4H3,(H,19,21)/b17-13+/t12-,14+/m1/s1. The van der Waals surface area contributed by atoms with Crippen molar-refractivity contribution in [3.63, 3.8) is 0 Å². The molecular weight excluding hydrogens is 304 g/mol. The van der Waals surface area contributed by atoms with Crippen LogP contribution in [0.4, 0.5) is 0 Å². The highest BCUT2D eigenvalue weighted by Crippen LogP contribution is 2.27. The fourth-order valence-electron chi connectivity index (χ4n) is 3.23. The van der Waals surface area contributed by atoms with Gasteiger partial charge in [0, 0.05) is 33.4 Å². The fraction of sp³-hybridized carbons (Fsp3) is 0.529. The second kappa shape index (κ2) is 7.77. The summed E-state index contributed by atoms with van der Waals surface area (Å²) >= 11 is 0. The molecule has 2 aliphatic rings. The van der Waals surface area contributed by atoms with Crippen LogP contribution < -0.4 is 5.32 Å². The summed E-state index contributed by atoms with van der Waals surface area (Å²) in [4.78, 5) is 24.3. The van der Waals surface area contributed by atoms with E-state index in [1.807, 2.05) is 25.4 Å². The molecule has 2 aliphatic heterocycles. The zero-order valence-electron chi connectivity index (χ0n) is 14.5. The average molecular weight is 328 g/mol. The van der Waals surface area contributed by atoms with E-state index in [0.717, 1.165) is 23.7 Å². The van der Waals surface area contributed by atoms with Crippen molar-refractivity contribution in [2.75, 3.05) is 27.2 Å². The van der Waals surface area contributed by atoms with Gasteiger partial charge in [0.05, 0.1) is 17.7 Å². The SMILES string of the molecule is C=N/C(=C1/C=CN/C1=N/C)N(C)[C@H]1CN(C(=O)CC#N)CC[C@H]1C. The third-order valence-electron chi connectivity index (χ3n) is 4.67. The summed E-state index contributed by atoms with van der Waals surface area (Å²) in [6.07, 6.45) is 4.57. The lowest BCUT2D eigenvalue weighted by atomic mass is 9.92. The third kappa shape index (κ3) is 3.48. The Balaban J connectivity index is 2.25. The van der Waals surface area contributed by atoms with Gasteiger partial charge in [-0.1, -0.05) is 6.92 Å². The molecule has 0 unspecified atom stereocenters. The van der Waals surface area contributed by atoms with Gasteiger partial charge in [-0.25, -0.2) is 4.99 Å². The number of amides is 1. The van der Waals surface area contributed by atoms with Gasteiger partial charge in [0.1, 0.15) is 18.1 Å². The number of hydrogen-bond donors (Lipinski definition) is 1. The molecule has 128 valence electrons. The third-order valence-corrected chi connectivity index (χ3v) is 4.67. The number of amidine groups is 1. The van der Waals surface area contributed by atoms with Gasteiger partial charge in [0.25, 0.3) is 0 Å². The molecule has 0 spiro atoms. The zero-order chi connectivity index (χ0) is 17.7. The number of hydrogen-bond acceptors (Lipinski definition) is 5. The van der Waals surface area contributed by atoms with E-state index in [9.17, 15) is 4.79 Å². The van der Waals surface area contributed by atoms with E-state index in [1.165, 1.54) is 0 Å². The van der Waals surface area contributed by atoms with Gasteiger partial charge in [-0.15, -0.1) is 0 Å². The number of likely N-dealkylation sites (tertiary alicyclic amines) is 1. The first-order valence-electron chi connectivity index (χ1n) is 8.02. The Labute approximate surface area is 143 Å². The van der Waals surface area contributed by atoms with Gasteiger partial charge in [0.2, 0.25) is 5.91 Å². The van der Waals surface area contributed by atoms with Crippen LogP contribution in [0.15, 0.2) is 33.7 Å². The lowest BCUT2D eigenvalue weighted by Gasteiger charge is -2.42. The topological polar surface area (TPSA) is 84.1 Å². The molecule has 2 heterocycles. The first-order chi connectivity index (χ1) is 11.5. The summed E-state index contributed by atoms with van der Waals surface area (Å²) in [5, 5.41) is 11.8. The number of rotatable bonds is 4.